The van der Waals surface area contributed by atoms with E-state index in [1.165, 1.54) is 7.41 Å². The molecule has 0 unspecified atom stereocenters. The highest BCUT2D eigenvalue weighted by Crippen LogP contribution is 2.15. The standard InChI is InChI=1S/C12H9BNO/c15-14-13-12-9-5-4-8-11(12)10-6-2-1-3-7-10/h1-9H. The van der Waals surface area contributed by atoms with Gasteiger partial charge < -0.3 is 0 Å². The van der Waals surface area contributed by atoms with Gasteiger partial charge in [-0.25, -0.2) is 0 Å². The lowest BCUT2D eigenvalue weighted by Crippen LogP contribution is -2.14. The monoisotopic (exact) mass is 194 g/mol. The minimum absolute atomic E-state index is 0.846. The van der Waals surface area contributed by atoms with Crippen LogP contribution in [-0.4, -0.2) is 7.41 Å². The van der Waals surface area contributed by atoms with Crippen molar-refractivity contribution in [1.29, 1.82) is 0 Å². The number of nitrogens with zero attached hydrogens (tertiary/aromatic N) is 1. The third-order valence-corrected chi connectivity index (χ3v) is 2.24. The highest BCUT2D eigenvalue weighted by Gasteiger charge is 2.05. The first-order chi connectivity index (χ1) is 7.42. The summed E-state index contributed by atoms with van der Waals surface area (Å²) in [7, 11) is 1.34. The zero-order chi connectivity index (χ0) is 10.5. The number of benzene rings is 2. The summed E-state index contributed by atoms with van der Waals surface area (Å²) >= 11 is 0. The molecule has 2 aromatic carbocycles. The Morgan fingerprint density at radius 2 is 1.53 bits per heavy atom. The molecule has 0 aliphatic heterocycles. The van der Waals surface area contributed by atoms with E-state index in [1.807, 2.05) is 54.6 Å². The van der Waals surface area contributed by atoms with Crippen LogP contribution in [0.1, 0.15) is 0 Å². The van der Waals surface area contributed by atoms with Gasteiger partial charge in [0.15, 0.2) is 0 Å². The molecule has 0 atom stereocenters. The van der Waals surface area contributed by atoms with Crippen LogP contribution in [0.25, 0.3) is 11.1 Å². The van der Waals surface area contributed by atoms with Crippen molar-refractivity contribution in [2.45, 2.75) is 0 Å². The summed E-state index contributed by atoms with van der Waals surface area (Å²) in [5, 5.41) is 2.82. The second kappa shape index (κ2) is 4.55. The van der Waals surface area contributed by atoms with Crippen LogP contribution >= 0.6 is 0 Å². The van der Waals surface area contributed by atoms with Crippen molar-refractivity contribution in [3.8, 4) is 11.1 Å². The van der Waals surface area contributed by atoms with E-state index >= 15 is 0 Å². The molecule has 0 bridgehead atoms. The van der Waals surface area contributed by atoms with Crippen LogP contribution in [0.15, 0.2) is 59.7 Å². The molecule has 0 aliphatic carbocycles. The van der Waals surface area contributed by atoms with Crippen LogP contribution in [0.2, 0.25) is 0 Å². The highest BCUT2D eigenvalue weighted by atomic mass is 16.2. The molecule has 2 nitrogen and oxygen atoms in total. The summed E-state index contributed by atoms with van der Waals surface area (Å²) in [5.41, 5.74) is 2.96. The first-order valence-electron chi connectivity index (χ1n) is 4.72. The number of nitroso groups, excluding NO2 is 1. The summed E-state index contributed by atoms with van der Waals surface area (Å²) in [4.78, 5) is 10.3. The van der Waals surface area contributed by atoms with Crippen molar-refractivity contribution in [2.75, 3.05) is 0 Å². The Kier molecular flexibility index (Phi) is 2.93. The maximum atomic E-state index is 10.3. The molecule has 0 aromatic heterocycles. The summed E-state index contributed by atoms with van der Waals surface area (Å²) in [6.45, 7) is 0. The van der Waals surface area contributed by atoms with Gasteiger partial charge in [-0.3, -0.25) is 0 Å². The Labute approximate surface area is 89.2 Å². The molecule has 0 saturated heterocycles. The number of hydrogen-bond acceptors (Lipinski definition) is 2. The largest absolute Gasteiger partial charge is 0.374 e. The summed E-state index contributed by atoms with van der Waals surface area (Å²) in [5.74, 6) is 0. The number of rotatable bonds is 3. The molecule has 71 valence electrons. The smallest absolute Gasteiger partial charge is 0.168 e. The Hall–Kier alpha value is -1.90. The van der Waals surface area contributed by atoms with Crippen LogP contribution in [0.3, 0.4) is 0 Å². The molecule has 3 heteroatoms. The van der Waals surface area contributed by atoms with Crippen LogP contribution in [0, 0.1) is 4.91 Å². The van der Waals surface area contributed by atoms with Crippen LogP contribution in [0.4, 0.5) is 0 Å². The molecule has 2 rings (SSSR count). The molecular weight excluding hydrogens is 185 g/mol. The van der Waals surface area contributed by atoms with Gasteiger partial charge in [-0.1, -0.05) is 54.6 Å². The van der Waals surface area contributed by atoms with Gasteiger partial charge in [0.05, 0.1) is 0 Å². The predicted molar refractivity (Wildman–Crippen MR) is 63.1 cm³/mol. The second-order valence-corrected chi connectivity index (χ2v) is 3.19. The van der Waals surface area contributed by atoms with Gasteiger partial charge in [-0.2, -0.15) is 4.91 Å². The lowest BCUT2D eigenvalue weighted by Gasteiger charge is -2.05. The van der Waals surface area contributed by atoms with E-state index in [2.05, 4.69) is 5.09 Å². The van der Waals surface area contributed by atoms with Gasteiger partial charge in [0.1, 0.15) is 0 Å². The van der Waals surface area contributed by atoms with Gasteiger partial charge in [-0.15, -0.1) is 5.09 Å². The van der Waals surface area contributed by atoms with E-state index < -0.39 is 0 Å². The SMILES string of the molecule is O=N[B]c1ccccc1-c1ccccc1. The van der Waals surface area contributed by atoms with Crippen LogP contribution < -0.4 is 5.46 Å². The molecule has 0 N–H and O–H groups in total. The van der Waals surface area contributed by atoms with Gasteiger partial charge >= 0.3 is 7.41 Å². The summed E-state index contributed by atoms with van der Waals surface area (Å²) in [6.07, 6.45) is 0. The Morgan fingerprint density at radius 1 is 0.867 bits per heavy atom. The van der Waals surface area contributed by atoms with Gasteiger partial charge in [0.2, 0.25) is 0 Å². The molecule has 0 spiro atoms. The van der Waals surface area contributed by atoms with Crippen molar-refractivity contribution in [3.05, 3.63) is 59.5 Å². The molecular formula is C12H9BNO. The normalized spacial score (nSPS) is 9.60. The molecule has 0 amide bonds. The third-order valence-electron chi connectivity index (χ3n) is 2.24. The van der Waals surface area contributed by atoms with Crippen molar-refractivity contribution in [2.24, 2.45) is 5.09 Å². The molecule has 15 heavy (non-hydrogen) atoms. The van der Waals surface area contributed by atoms with E-state index in [0.717, 1.165) is 16.6 Å². The Morgan fingerprint density at radius 3 is 2.27 bits per heavy atom. The van der Waals surface area contributed by atoms with Gasteiger partial charge in [-0.05, 0) is 16.6 Å². The van der Waals surface area contributed by atoms with E-state index in [1.54, 1.807) is 0 Å². The predicted octanol–water partition coefficient (Wildman–Crippen LogP) is 2.36. The van der Waals surface area contributed by atoms with Crippen molar-refractivity contribution < 1.29 is 0 Å². The average Bonchev–Trinajstić information content (AvgIpc) is 2.31. The topological polar surface area (TPSA) is 29.4 Å². The summed E-state index contributed by atoms with van der Waals surface area (Å²) < 4.78 is 0. The first kappa shape index (κ1) is 9.65. The van der Waals surface area contributed by atoms with E-state index in [4.69, 9.17) is 0 Å². The third kappa shape index (κ3) is 2.13. The molecule has 0 saturated carbocycles. The quantitative estimate of drug-likeness (QED) is 0.544. The Balaban J connectivity index is 2.48. The van der Waals surface area contributed by atoms with Crippen LogP contribution in [-0.2, 0) is 0 Å². The molecule has 0 aliphatic rings. The minimum Gasteiger partial charge on any atom is -0.168 e. The van der Waals surface area contributed by atoms with E-state index in [-0.39, 0.29) is 0 Å². The van der Waals surface area contributed by atoms with E-state index in [0.29, 0.717) is 0 Å². The van der Waals surface area contributed by atoms with Crippen molar-refractivity contribution in [3.63, 3.8) is 0 Å². The maximum Gasteiger partial charge on any atom is 0.374 e. The highest BCUT2D eigenvalue weighted by molar-refractivity contribution is 6.53. The van der Waals surface area contributed by atoms with Crippen molar-refractivity contribution in [1.82, 2.24) is 0 Å². The fourth-order valence-corrected chi connectivity index (χ4v) is 1.55. The van der Waals surface area contributed by atoms with Gasteiger partial charge in [0, 0.05) is 0 Å². The minimum atomic E-state index is 0.846. The maximum absolute atomic E-state index is 10.3. The van der Waals surface area contributed by atoms with Gasteiger partial charge in [0.25, 0.3) is 0 Å². The number of hydrogen-bond donors (Lipinski definition) is 0. The second-order valence-electron chi connectivity index (χ2n) is 3.19. The van der Waals surface area contributed by atoms with Crippen LogP contribution in [0.5, 0.6) is 0 Å². The lowest BCUT2D eigenvalue weighted by molar-refractivity contribution is 1.64. The molecule has 0 heterocycles. The molecule has 0 fully saturated rings. The fraction of sp³-hybridized carbons (Fsp3) is 0. The summed E-state index contributed by atoms with van der Waals surface area (Å²) in [6, 6.07) is 17.6. The lowest BCUT2D eigenvalue weighted by atomic mass is 9.79. The zero-order valence-electron chi connectivity index (χ0n) is 8.13. The Bertz CT molecular complexity index is 456. The molecule has 1 radical (unpaired) electrons. The van der Waals surface area contributed by atoms with Crippen molar-refractivity contribution >= 4 is 12.9 Å². The van der Waals surface area contributed by atoms with E-state index in [9.17, 15) is 4.91 Å². The first-order valence-corrected chi connectivity index (χ1v) is 4.72. The molecule has 2 aromatic rings. The average molecular weight is 194 g/mol. The zero-order valence-corrected chi connectivity index (χ0v) is 8.13. The fourth-order valence-electron chi connectivity index (χ4n) is 1.55.